The molecular weight excluding hydrogens is 292 g/mol. The van der Waals surface area contributed by atoms with E-state index in [9.17, 15) is 4.79 Å². The van der Waals surface area contributed by atoms with Crippen molar-refractivity contribution in [3.8, 4) is 6.07 Å². The van der Waals surface area contributed by atoms with Crippen LogP contribution in [-0.4, -0.2) is 28.0 Å². The second kappa shape index (κ2) is 8.08. The molecule has 23 heavy (non-hydrogen) atoms. The lowest BCUT2D eigenvalue weighted by Gasteiger charge is -2.17. The highest BCUT2D eigenvalue weighted by atomic mass is 16.5. The van der Waals surface area contributed by atoms with Gasteiger partial charge in [0.1, 0.15) is 0 Å². The van der Waals surface area contributed by atoms with Crippen LogP contribution in [0.25, 0.3) is 0 Å². The number of carbonyl (C=O) groups excluding carboxylic acids is 1. The van der Waals surface area contributed by atoms with Crippen LogP contribution in [0.3, 0.4) is 0 Å². The molecule has 0 fully saturated rings. The van der Waals surface area contributed by atoms with Crippen LogP contribution in [0.1, 0.15) is 42.6 Å². The van der Waals surface area contributed by atoms with Crippen molar-refractivity contribution < 1.29 is 9.32 Å². The molecule has 120 valence electrons. The average Bonchev–Trinajstić information content (AvgIpc) is 3.00. The highest BCUT2D eigenvalue weighted by Crippen LogP contribution is 2.09. The van der Waals surface area contributed by atoms with Gasteiger partial charge >= 0.3 is 0 Å². The number of rotatable bonds is 7. The van der Waals surface area contributed by atoms with Gasteiger partial charge in [0.2, 0.25) is 11.8 Å². The molecule has 0 atom stereocenters. The molecule has 1 amide bonds. The van der Waals surface area contributed by atoms with E-state index in [1.165, 1.54) is 0 Å². The molecule has 0 aliphatic heterocycles. The van der Waals surface area contributed by atoms with Crippen LogP contribution in [0.5, 0.6) is 0 Å². The molecule has 0 aliphatic carbocycles. The molecule has 1 aromatic carbocycles. The summed E-state index contributed by atoms with van der Waals surface area (Å²) in [6, 6.07) is 9.36. The number of nitriles is 1. The third kappa shape index (κ3) is 4.92. The lowest BCUT2D eigenvalue weighted by Crippen LogP contribution is -2.26. The third-order valence-electron chi connectivity index (χ3n) is 3.44. The zero-order chi connectivity index (χ0) is 16.7. The minimum absolute atomic E-state index is 0.00241. The molecule has 6 nitrogen and oxygen atoms in total. The number of carbonyl (C=O) groups is 1. The molecule has 2 rings (SSSR count). The zero-order valence-corrected chi connectivity index (χ0v) is 13.5. The van der Waals surface area contributed by atoms with Gasteiger partial charge in [0.05, 0.1) is 11.6 Å². The molecule has 0 radical (unpaired) electrons. The summed E-state index contributed by atoms with van der Waals surface area (Å²) in [5.41, 5.74) is 1.53. The summed E-state index contributed by atoms with van der Waals surface area (Å²) in [5, 5.41) is 12.8. The van der Waals surface area contributed by atoms with E-state index in [2.05, 4.69) is 23.1 Å². The van der Waals surface area contributed by atoms with E-state index in [1.807, 2.05) is 12.1 Å². The molecule has 0 saturated carbocycles. The Balaban J connectivity index is 1.85. The molecular formula is C17H20N4O2. The van der Waals surface area contributed by atoms with Crippen LogP contribution < -0.4 is 0 Å². The first-order valence-electron chi connectivity index (χ1n) is 7.66. The lowest BCUT2D eigenvalue weighted by molar-refractivity contribution is -0.130. The van der Waals surface area contributed by atoms with Crippen LogP contribution >= 0.6 is 0 Å². The van der Waals surface area contributed by atoms with Crippen molar-refractivity contribution in [3.05, 3.63) is 47.1 Å². The van der Waals surface area contributed by atoms with Crippen molar-refractivity contribution in [1.82, 2.24) is 15.0 Å². The Labute approximate surface area is 135 Å². The number of aryl methyl sites for hydroxylation is 2. The number of hydrogen-bond donors (Lipinski definition) is 0. The van der Waals surface area contributed by atoms with Crippen molar-refractivity contribution in [1.29, 1.82) is 5.26 Å². The summed E-state index contributed by atoms with van der Waals surface area (Å²) in [5.74, 6) is 1.20. The van der Waals surface area contributed by atoms with Gasteiger partial charge in [0, 0.05) is 32.9 Å². The van der Waals surface area contributed by atoms with E-state index < -0.39 is 0 Å². The van der Waals surface area contributed by atoms with Gasteiger partial charge in [-0.25, -0.2) is 0 Å². The summed E-state index contributed by atoms with van der Waals surface area (Å²) in [7, 11) is 1.75. The van der Waals surface area contributed by atoms with Crippen LogP contribution in [0.2, 0.25) is 0 Å². The van der Waals surface area contributed by atoms with Gasteiger partial charge in [-0.05, 0) is 24.1 Å². The van der Waals surface area contributed by atoms with Gasteiger partial charge < -0.3 is 9.42 Å². The topological polar surface area (TPSA) is 83.0 Å². The number of nitrogens with zero attached hydrogens (tertiary/aromatic N) is 4. The number of benzene rings is 1. The smallest absolute Gasteiger partial charge is 0.227 e. The van der Waals surface area contributed by atoms with Gasteiger partial charge in [-0.1, -0.05) is 24.2 Å². The van der Waals surface area contributed by atoms with Crippen LogP contribution in [-0.2, 0) is 24.2 Å². The van der Waals surface area contributed by atoms with Gasteiger partial charge in [-0.2, -0.15) is 10.2 Å². The van der Waals surface area contributed by atoms with Gasteiger partial charge in [-0.15, -0.1) is 0 Å². The standard InChI is InChI=1S/C17H20N4O2/c1-3-5-15-19-16(23-20-15)8-9-17(22)21(2)12-14-7-4-6-13(10-14)11-18/h4,6-7,10H,3,5,8-9,12H2,1-2H3. The molecule has 2 aromatic rings. The van der Waals surface area contributed by atoms with Gasteiger partial charge in [-0.3, -0.25) is 4.79 Å². The fourth-order valence-corrected chi connectivity index (χ4v) is 2.22. The quantitative estimate of drug-likeness (QED) is 0.784. The average molecular weight is 312 g/mol. The molecule has 1 heterocycles. The van der Waals surface area contributed by atoms with Crippen LogP contribution in [0, 0.1) is 11.3 Å². The minimum atomic E-state index is 0.00241. The highest BCUT2D eigenvalue weighted by molar-refractivity contribution is 5.76. The summed E-state index contributed by atoms with van der Waals surface area (Å²) in [6.45, 7) is 2.52. The van der Waals surface area contributed by atoms with E-state index in [1.54, 1.807) is 24.1 Å². The molecule has 1 aromatic heterocycles. The summed E-state index contributed by atoms with van der Waals surface area (Å²) in [6.07, 6.45) is 2.51. The predicted molar refractivity (Wildman–Crippen MR) is 84.2 cm³/mol. The third-order valence-corrected chi connectivity index (χ3v) is 3.44. The predicted octanol–water partition coefficient (Wildman–Crippen LogP) is 2.48. The molecule has 0 unspecified atom stereocenters. The fraction of sp³-hybridized carbons (Fsp3) is 0.412. The first-order valence-corrected chi connectivity index (χ1v) is 7.66. The lowest BCUT2D eigenvalue weighted by atomic mass is 10.1. The normalized spacial score (nSPS) is 10.3. The number of aromatic nitrogens is 2. The monoisotopic (exact) mass is 312 g/mol. The Morgan fingerprint density at radius 2 is 2.22 bits per heavy atom. The second-order valence-electron chi connectivity index (χ2n) is 5.42. The summed E-state index contributed by atoms with van der Waals surface area (Å²) >= 11 is 0. The first-order chi connectivity index (χ1) is 11.1. The molecule has 0 aliphatic rings. The van der Waals surface area contributed by atoms with Crippen molar-refractivity contribution in [2.24, 2.45) is 0 Å². The number of amides is 1. The van der Waals surface area contributed by atoms with Gasteiger partial charge in [0.15, 0.2) is 5.82 Å². The Bertz CT molecular complexity index is 703. The molecule has 0 N–H and O–H groups in total. The Kier molecular flexibility index (Phi) is 5.87. The van der Waals surface area contributed by atoms with Crippen molar-refractivity contribution in [2.75, 3.05) is 7.05 Å². The van der Waals surface area contributed by atoms with E-state index in [4.69, 9.17) is 9.78 Å². The molecule has 0 saturated heterocycles. The van der Waals surface area contributed by atoms with Crippen LogP contribution in [0.15, 0.2) is 28.8 Å². The van der Waals surface area contributed by atoms with Gasteiger partial charge in [0.25, 0.3) is 0 Å². The highest BCUT2D eigenvalue weighted by Gasteiger charge is 2.13. The van der Waals surface area contributed by atoms with Crippen LogP contribution in [0.4, 0.5) is 0 Å². The second-order valence-corrected chi connectivity index (χ2v) is 5.42. The van der Waals surface area contributed by atoms with E-state index in [0.717, 1.165) is 18.4 Å². The Hall–Kier alpha value is -2.68. The molecule has 6 heteroatoms. The van der Waals surface area contributed by atoms with E-state index in [0.29, 0.717) is 36.7 Å². The first kappa shape index (κ1) is 16.7. The maximum atomic E-state index is 12.2. The molecule has 0 spiro atoms. The van der Waals surface area contributed by atoms with E-state index >= 15 is 0 Å². The maximum absolute atomic E-state index is 12.2. The van der Waals surface area contributed by atoms with Crippen molar-refractivity contribution in [2.45, 2.75) is 39.2 Å². The summed E-state index contributed by atoms with van der Waals surface area (Å²) < 4.78 is 5.13. The Morgan fingerprint density at radius 1 is 1.39 bits per heavy atom. The number of hydrogen-bond acceptors (Lipinski definition) is 5. The van der Waals surface area contributed by atoms with Crippen molar-refractivity contribution in [3.63, 3.8) is 0 Å². The minimum Gasteiger partial charge on any atom is -0.341 e. The molecule has 0 bridgehead atoms. The zero-order valence-electron chi connectivity index (χ0n) is 13.5. The fourth-order valence-electron chi connectivity index (χ4n) is 2.22. The SMILES string of the molecule is CCCc1noc(CCC(=O)N(C)Cc2cccc(C#N)c2)n1. The largest absolute Gasteiger partial charge is 0.341 e. The maximum Gasteiger partial charge on any atom is 0.227 e. The van der Waals surface area contributed by atoms with E-state index in [-0.39, 0.29) is 5.91 Å². The van der Waals surface area contributed by atoms with Crippen molar-refractivity contribution >= 4 is 5.91 Å². The Morgan fingerprint density at radius 3 is 2.96 bits per heavy atom. The summed E-state index contributed by atoms with van der Waals surface area (Å²) in [4.78, 5) is 18.1.